The van der Waals surface area contributed by atoms with Crippen molar-refractivity contribution < 1.29 is 14.7 Å². The standard InChI is InChI=1S/C15H17IN4O.C15H16IN3O2/c1-15(2)5-3-11-10(8-15)13(14(17)21)19-20(11)12-7-9(16)4-6-18-12;1-15(2)5-3-11-10(8-15)13(14(20)21)18-19(11)12-7-9(16)4-6-17-12/h4,6-7H,3,5,8H2,1-2H3,(H2,17,21);4,6-7H,3,5,8H2,1-2H3,(H,20,21). The summed E-state index contributed by atoms with van der Waals surface area (Å²) in [5.74, 6) is -0.00244. The molecule has 0 unspecified atom stereocenters. The Morgan fingerprint density at radius 1 is 0.810 bits per heavy atom. The van der Waals surface area contributed by atoms with Crippen molar-refractivity contribution in [1.82, 2.24) is 29.5 Å². The summed E-state index contributed by atoms with van der Waals surface area (Å²) in [6, 6.07) is 7.71. The first kappa shape index (κ1) is 30.6. The van der Waals surface area contributed by atoms with E-state index < -0.39 is 11.9 Å². The molecule has 0 atom stereocenters. The van der Waals surface area contributed by atoms with Crippen LogP contribution in [0, 0.1) is 18.0 Å². The first-order chi connectivity index (χ1) is 19.7. The summed E-state index contributed by atoms with van der Waals surface area (Å²) in [5.41, 5.74) is 10.2. The lowest BCUT2D eigenvalue weighted by molar-refractivity contribution is 0.0687. The summed E-state index contributed by atoms with van der Waals surface area (Å²) in [6.45, 7) is 8.76. The van der Waals surface area contributed by atoms with E-state index in [0.717, 1.165) is 74.0 Å². The van der Waals surface area contributed by atoms with Crippen LogP contribution < -0.4 is 5.73 Å². The normalized spacial score (nSPS) is 16.5. The van der Waals surface area contributed by atoms with Crippen LogP contribution in [0.2, 0.25) is 0 Å². The summed E-state index contributed by atoms with van der Waals surface area (Å²) in [7, 11) is 0. The molecule has 0 fully saturated rings. The van der Waals surface area contributed by atoms with Gasteiger partial charge in [-0.15, -0.1) is 0 Å². The van der Waals surface area contributed by atoms with Gasteiger partial charge in [-0.2, -0.15) is 10.2 Å². The van der Waals surface area contributed by atoms with E-state index in [1.54, 1.807) is 21.8 Å². The zero-order chi connectivity index (χ0) is 30.4. The molecule has 1 amide bonds. The van der Waals surface area contributed by atoms with Gasteiger partial charge in [0.2, 0.25) is 0 Å². The number of carbonyl (C=O) groups excluding carboxylic acids is 1. The van der Waals surface area contributed by atoms with Crippen molar-refractivity contribution in [3.8, 4) is 11.6 Å². The van der Waals surface area contributed by atoms with Crippen LogP contribution >= 0.6 is 45.2 Å². The SMILES string of the molecule is CC1(C)CCc2c(c(C(=O)O)nn2-c2cc(I)ccn2)C1.CC1(C)CCc2c(c(C(N)=O)nn2-c2cc(I)ccn2)C1. The minimum Gasteiger partial charge on any atom is -0.476 e. The third kappa shape index (κ3) is 6.38. The number of hydrogen-bond acceptors (Lipinski definition) is 6. The Morgan fingerprint density at radius 2 is 1.24 bits per heavy atom. The number of pyridine rings is 2. The molecule has 4 aromatic heterocycles. The largest absolute Gasteiger partial charge is 0.476 e. The summed E-state index contributed by atoms with van der Waals surface area (Å²) in [4.78, 5) is 31.9. The predicted molar refractivity (Wildman–Crippen MR) is 175 cm³/mol. The Balaban J connectivity index is 0.000000168. The molecular weight excluding hydrogens is 760 g/mol. The number of amides is 1. The number of fused-ring (bicyclic) bond motifs is 2. The zero-order valence-electron chi connectivity index (χ0n) is 24.0. The molecule has 2 aliphatic rings. The summed E-state index contributed by atoms with van der Waals surface area (Å²) in [5, 5.41) is 18.2. The van der Waals surface area contributed by atoms with E-state index in [1.165, 1.54) is 0 Å². The molecule has 2 aliphatic carbocycles. The number of nitrogens with two attached hydrogens (primary N) is 1. The van der Waals surface area contributed by atoms with Gasteiger partial charge in [0.25, 0.3) is 5.91 Å². The Bertz CT molecular complexity index is 1570. The highest BCUT2D eigenvalue weighted by atomic mass is 127. The second kappa shape index (κ2) is 11.7. The van der Waals surface area contributed by atoms with Gasteiger partial charge in [0, 0.05) is 30.7 Å². The maximum absolute atomic E-state index is 11.7. The molecule has 0 bridgehead atoms. The molecule has 0 radical (unpaired) electrons. The molecule has 12 heteroatoms. The number of primary amides is 1. The van der Waals surface area contributed by atoms with Crippen LogP contribution in [0.15, 0.2) is 36.7 Å². The number of rotatable bonds is 4. The van der Waals surface area contributed by atoms with E-state index in [4.69, 9.17) is 5.73 Å². The third-order valence-corrected chi connectivity index (χ3v) is 9.19. The van der Waals surface area contributed by atoms with Crippen LogP contribution in [-0.2, 0) is 25.7 Å². The highest BCUT2D eigenvalue weighted by Crippen LogP contribution is 2.38. The first-order valence-electron chi connectivity index (χ1n) is 13.7. The lowest BCUT2D eigenvalue weighted by Gasteiger charge is -2.29. The second-order valence-corrected chi connectivity index (χ2v) is 14.9. The molecule has 0 aromatic carbocycles. The summed E-state index contributed by atoms with van der Waals surface area (Å²) >= 11 is 4.46. The van der Waals surface area contributed by atoms with E-state index in [2.05, 4.69) is 93.0 Å². The fraction of sp³-hybridized carbons (Fsp3) is 0.400. The first-order valence-corrected chi connectivity index (χ1v) is 15.9. The maximum atomic E-state index is 11.7. The molecule has 0 saturated heterocycles. The van der Waals surface area contributed by atoms with Crippen LogP contribution in [0.25, 0.3) is 11.6 Å². The predicted octanol–water partition coefficient (Wildman–Crippen LogP) is 5.57. The Hall–Kier alpha value is -2.88. The van der Waals surface area contributed by atoms with Crippen molar-refractivity contribution in [3.05, 3.63) is 77.7 Å². The number of aromatic nitrogens is 6. The van der Waals surface area contributed by atoms with Gasteiger partial charge >= 0.3 is 5.97 Å². The molecular formula is C30H33I2N7O3. The zero-order valence-corrected chi connectivity index (χ0v) is 28.3. The summed E-state index contributed by atoms with van der Waals surface area (Å²) < 4.78 is 5.62. The Labute approximate surface area is 271 Å². The topological polar surface area (TPSA) is 142 Å². The van der Waals surface area contributed by atoms with Gasteiger partial charge in [-0.1, -0.05) is 27.7 Å². The number of aromatic carboxylic acids is 1. The fourth-order valence-corrected chi connectivity index (χ4v) is 6.55. The quantitative estimate of drug-likeness (QED) is 0.258. The summed E-state index contributed by atoms with van der Waals surface area (Å²) in [6.07, 6.45) is 8.84. The maximum Gasteiger partial charge on any atom is 0.356 e. The molecule has 4 aromatic rings. The van der Waals surface area contributed by atoms with E-state index in [-0.39, 0.29) is 16.5 Å². The average molecular weight is 793 g/mol. The molecule has 10 nitrogen and oxygen atoms in total. The second-order valence-electron chi connectivity index (χ2n) is 12.4. The fourth-order valence-electron chi connectivity index (χ4n) is 5.67. The number of carboxylic acid groups (broad SMARTS) is 1. The van der Waals surface area contributed by atoms with Crippen molar-refractivity contribution in [1.29, 1.82) is 0 Å². The van der Waals surface area contributed by atoms with E-state index in [9.17, 15) is 14.7 Å². The average Bonchev–Trinajstić information content (AvgIpc) is 3.46. The minimum absolute atomic E-state index is 0.115. The van der Waals surface area contributed by atoms with Gasteiger partial charge < -0.3 is 10.8 Å². The lowest BCUT2D eigenvalue weighted by Crippen LogP contribution is -2.24. The van der Waals surface area contributed by atoms with Crippen LogP contribution in [0.1, 0.15) is 84.0 Å². The van der Waals surface area contributed by atoms with E-state index in [0.29, 0.717) is 11.5 Å². The van der Waals surface area contributed by atoms with Gasteiger partial charge in [0.05, 0.1) is 11.4 Å². The van der Waals surface area contributed by atoms with Gasteiger partial charge in [-0.05, 0) is 119 Å². The van der Waals surface area contributed by atoms with Crippen molar-refractivity contribution in [3.63, 3.8) is 0 Å². The molecule has 0 saturated carbocycles. The highest BCUT2D eigenvalue weighted by molar-refractivity contribution is 14.1. The number of hydrogen-bond donors (Lipinski definition) is 2. The van der Waals surface area contributed by atoms with Crippen LogP contribution in [-0.4, -0.2) is 46.5 Å². The Kier molecular flexibility index (Phi) is 8.49. The molecule has 0 aliphatic heterocycles. The van der Waals surface area contributed by atoms with Gasteiger partial charge in [0.15, 0.2) is 23.0 Å². The van der Waals surface area contributed by atoms with Crippen LogP contribution in [0.3, 0.4) is 0 Å². The van der Waals surface area contributed by atoms with Crippen LogP contribution in [0.5, 0.6) is 0 Å². The smallest absolute Gasteiger partial charge is 0.356 e. The highest BCUT2D eigenvalue weighted by Gasteiger charge is 2.34. The molecule has 4 heterocycles. The molecule has 220 valence electrons. The Morgan fingerprint density at radius 3 is 1.64 bits per heavy atom. The number of halogens is 2. The minimum atomic E-state index is -0.965. The number of carbonyl (C=O) groups is 2. The van der Waals surface area contributed by atoms with Crippen molar-refractivity contribution in [2.45, 2.75) is 66.2 Å². The number of nitrogens with zero attached hydrogens (tertiary/aromatic N) is 6. The van der Waals surface area contributed by atoms with Gasteiger partial charge in [-0.3, -0.25) is 4.79 Å². The van der Waals surface area contributed by atoms with E-state index >= 15 is 0 Å². The van der Waals surface area contributed by atoms with Crippen LogP contribution in [0.4, 0.5) is 0 Å². The van der Waals surface area contributed by atoms with Crippen molar-refractivity contribution in [2.75, 3.05) is 0 Å². The monoisotopic (exact) mass is 793 g/mol. The molecule has 6 rings (SSSR count). The van der Waals surface area contributed by atoms with Gasteiger partial charge in [-0.25, -0.2) is 24.1 Å². The molecule has 0 spiro atoms. The van der Waals surface area contributed by atoms with Crippen molar-refractivity contribution in [2.24, 2.45) is 16.6 Å². The lowest BCUT2D eigenvalue weighted by atomic mass is 9.76. The molecule has 42 heavy (non-hydrogen) atoms. The van der Waals surface area contributed by atoms with Crippen molar-refractivity contribution >= 4 is 57.1 Å². The number of carboxylic acids is 1. The van der Waals surface area contributed by atoms with E-state index in [1.807, 2.05) is 24.3 Å². The molecule has 3 N–H and O–H groups in total. The van der Waals surface area contributed by atoms with Gasteiger partial charge in [0.1, 0.15) is 0 Å². The third-order valence-electron chi connectivity index (χ3n) is 7.85.